The quantitative estimate of drug-likeness (QED) is 0.468. The molecule has 0 aliphatic heterocycles. The first-order valence-corrected chi connectivity index (χ1v) is 8.79. The number of amides is 1. The number of para-hydroxylation sites is 1. The summed E-state index contributed by atoms with van der Waals surface area (Å²) in [5, 5.41) is 15.7. The van der Waals surface area contributed by atoms with E-state index >= 15 is 0 Å². The topological polar surface area (TPSA) is 81.5 Å². The summed E-state index contributed by atoms with van der Waals surface area (Å²) < 4.78 is 5.64. The second-order valence-electron chi connectivity index (χ2n) is 5.29. The smallest absolute Gasteiger partial charge is 0.294 e. The van der Waals surface area contributed by atoms with E-state index in [0.29, 0.717) is 11.5 Å². The Morgan fingerprint density at radius 3 is 2.69 bits per heavy atom. The Kier molecular flexibility index (Phi) is 5.50. The number of nitro groups is 1. The Hall–Kier alpha value is -2.90. The summed E-state index contributed by atoms with van der Waals surface area (Å²) in [7, 11) is 0. The molecular weight excluding hydrogens is 376 g/mol. The van der Waals surface area contributed by atoms with Gasteiger partial charge >= 0.3 is 0 Å². The molecule has 0 radical (unpaired) electrons. The molecule has 1 amide bonds. The van der Waals surface area contributed by atoms with Gasteiger partial charge < -0.3 is 10.1 Å². The highest BCUT2D eigenvalue weighted by atomic mass is 35.5. The van der Waals surface area contributed by atoms with Gasteiger partial charge in [0, 0.05) is 16.7 Å². The molecule has 3 aromatic rings. The zero-order chi connectivity index (χ0) is 18.5. The molecule has 0 saturated carbocycles. The molecule has 0 unspecified atom stereocenters. The standard InChI is InChI=1S/C18H13ClN2O4S/c19-13-6-7-15(16(9-13)21(23)24)20-18(22)17-8-12(11-26-17)10-25-14-4-2-1-3-5-14/h1-9,11H,10H2,(H,20,22). The molecule has 0 spiro atoms. The first-order chi connectivity index (χ1) is 12.5. The van der Waals surface area contributed by atoms with Gasteiger partial charge in [0.2, 0.25) is 0 Å². The van der Waals surface area contributed by atoms with Gasteiger partial charge in [-0.2, -0.15) is 0 Å². The van der Waals surface area contributed by atoms with Crippen molar-refractivity contribution >= 4 is 40.2 Å². The van der Waals surface area contributed by atoms with Crippen molar-refractivity contribution in [3.63, 3.8) is 0 Å². The van der Waals surface area contributed by atoms with Crippen LogP contribution in [0.3, 0.4) is 0 Å². The summed E-state index contributed by atoms with van der Waals surface area (Å²) in [6, 6.07) is 15.1. The molecule has 26 heavy (non-hydrogen) atoms. The van der Waals surface area contributed by atoms with E-state index in [-0.39, 0.29) is 16.4 Å². The van der Waals surface area contributed by atoms with Gasteiger partial charge in [0.15, 0.2) is 0 Å². The van der Waals surface area contributed by atoms with Gasteiger partial charge in [-0.25, -0.2) is 0 Å². The summed E-state index contributed by atoms with van der Waals surface area (Å²) >= 11 is 7.02. The molecule has 0 fully saturated rings. The second-order valence-corrected chi connectivity index (χ2v) is 6.64. The number of hydrogen-bond acceptors (Lipinski definition) is 5. The summed E-state index contributed by atoms with van der Waals surface area (Å²) in [5.74, 6) is 0.313. The fraction of sp³-hybridized carbons (Fsp3) is 0.0556. The number of thiophene rings is 1. The average molecular weight is 389 g/mol. The van der Waals surface area contributed by atoms with E-state index in [1.165, 1.54) is 29.5 Å². The van der Waals surface area contributed by atoms with Crippen LogP contribution in [-0.2, 0) is 6.61 Å². The molecule has 1 heterocycles. The predicted octanol–water partition coefficient (Wildman–Crippen LogP) is 5.14. The van der Waals surface area contributed by atoms with E-state index in [1.54, 1.807) is 6.07 Å². The number of halogens is 1. The van der Waals surface area contributed by atoms with Crippen LogP contribution >= 0.6 is 22.9 Å². The summed E-state index contributed by atoms with van der Waals surface area (Å²) in [6.07, 6.45) is 0. The fourth-order valence-electron chi connectivity index (χ4n) is 2.20. The minimum absolute atomic E-state index is 0.0971. The number of nitro benzene ring substituents is 1. The highest BCUT2D eigenvalue weighted by molar-refractivity contribution is 7.12. The van der Waals surface area contributed by atoms with E-state index in [0.717, 1.165) is 11.3 Å². The van der Waals surface area contributed by atoms with Crippen LogP contribution in [0, 0.1) is 10.1 Å². The minimum atomic E-state index is -0.588. The lowest BCUT2D eigenvalue weighted by molar-refractivity contribution is -0.383. The summed E-state index contributed by atoms with van der Waals surface area (Å²) in [4.78, 5) is 23.3. The van der Waals surface area contributed by atoms with Crippen molar-refractivity contribution in [3.05, 3.63) is 85.6 Å². The maximum atomic E-state index is 12.4. The van der Waals surface area contributed by atoms with Gasteiger partial charge in [0.1, 0.15) is 18.0 Å². The van der Waals surface area contributed by atoms with Crippen LogP contribution in [0.15, 0.2) is 60.0 Å². The predicted molar refractivity (Wildman–Crippen MR) is 101 cm³/mol. The lowest BCUT2D eigenvalue weighted by Gasteiger charge is -2.05. The Labute approximate surface area is 158 Å². The van der Waals surface area contributed by atoms with Crippen molar-refractivity contribution in [1.82, 2.24) is 0 Å². The van der Waals surface area contributed by atoms with E-state index in [4.69, 9.17) is 16.3 Å². The molecular formula is C18H13ClN2O4S. The lowest BCUT2D eigenvalue weighted by atomic mass is 10.2. The van der Waals surface area contributed by atoms with E-state index in [9.17, 15) is 14.9 Å². The van der Waals surface area contributed by atoms with E-state index in [1.807, 2.05) is 35.7 Å². The first kappa shape index (κ1) is 17.9. The third-order valence-electron chi connectivity index (χ3n) is 3.43. The number of rotatable bonds is 6. The first-order valence-electron chi connectivity index (χ1n) is 7.53. The van der Waals surface area contributed by atoms with Gasteiger partial charge in [-0.1, -0.05) is 29.8 Å². The van der Waals surface area contributed by atoms with Crippen LogP contribution in [-0.4, -0.2) is 10.8 Å². The third-order valence-corrected chi connectivity index (χ3v) is 4.64. The number of benzene rings is 2. The molecule has 0 aliphatic carbocycles. The Morgan fingerprint density at radius 1 is 1.19 bits per heavy atom. The second kappa shape index (κ2) is 7.99. The number of hydrogen-bond donors (Lipinski definition) is 1. The molecule has 1 aromatic heterocycles. The Balaban J connectivity index is 1.68. The van der Waals surface area contributed by atoms with Crippen LogP contribution in [0.4, 0.5) is 11.4 Å². The van der Waals surface area contributed by atoms with E-state index < -0.39 is 10.8 Å². The van der Waals surface area contributed by atoms with E-state index in [2.05, 4.69) is 5.32 Å². The number of carbonyl (C=O) groups excluding carboxylic acids is 1. The average Bonchev–Trinajstić information content (AvgIpc) is 3.11. The minimum Gasteiger partial charge on any atom is -0.489 e. The number of nitrogens with one attached hydrogen (secondary N) is 1. The van der Waals surface area contributed by atoms with Crippen molar-refractivity contribution in [3.8, 4) is 5.75 Å². The van der Waals surface area contributed by atoms with Gasteiger partial charge in [-0.3, -0.25) is 14.9 Å². The number of ether oxygens (including phenoxy) is 1. The highest BCUT2D eigenvalue weighted by Crippen LogP contribution is 2.28. The largest absolute Gasteiger partial charge is 0.489 e. The maximum absolute atomic E-state index is 12.4. The van der Waals surface area contributed by atoms with Gasteiger partial charge in [-0.15, -0.1) is 11.3 Å². The van der Waals surface area contributed by atoms with Gasteiger partial charge in [0.05, 0.1) is 9.80 Å². The van der Waals surface area contributed by atoms with Crippen LogP contribution in [0.2, 0.25) is 5.02 Å². The molecule has 8 heteroatoms. The Bertz CT molecular complexity index is 943. The molecule has 0 bridgehead atoms. The van der Waals surface area contributed by atoms with Crippen LogP contribution in [0.25, 0.3) is 0 Å². The molecule has 6 nitrogen and oxygen atoms in total. The maximum Gasteiger partial charge on any atom is 0.294 e. The zero-order valence-corrected chi connectivity index (χ0v) is 14.9. The third kappa shape index (κ3) is 4.38. The summed E-state index contributed by atoms with van der Waals surface area (Å²) in [5.41, 5.74) is 0.685. The molecule has 132 valence electrons. The fourth-order valence-corrected chi connectivity index (χ4v) is 3.16. The van der Waals surface area contributed by atoms with Crippen LogP contribution in [0.1, 0.15) is 15.2 Å². The molecule has 3 rings (SSSR count). The monoisotopic (exact) mass is 388 g/mol. The zero-order valence-electron chi connectivity index (χ0n) is 13.3. The van der Waals surface area contributed by atoms with Crippen molar-refractivity contribution in [2.24, 2.45) is 0 Å². The highest BCUT2D eigenvalue weighted by Gasteiger charge is 2.18. The molecule has 0 atom stereocenters. The summed E-state index contributed by atoms with van der Waals surface area (Å²) in [6.45, 7) is 0.328. The Morgan fingerprint density at radius 2 is 1.96 bits per heavy atom. The van der Waals surface area contributed by atoms with Gasteiger partial charge in [0.25, 0.3) is 11.6 Å². The molecule has 1 N–H and O–H groups in total. The van der Waals surface area contributed by atoms with Crippen LogP contribution in [0.5, 0.6) is 5.75 Å². The van der Waals surface area contributed by atoms with Crippen LogP contribution < -0.4 is 10.1 Å². The normalized spacial score (nSPS) is 10.3. The van der Waals surface area contributed by atoms with Crippen molar-refractivity contribution in [1.29, 1.82) is 0 Å². The number of carbonyl (C=O) groups is 1. The molecule has 0 aliphatic rings. The van der Waals surface area contributed by atoms with Gasteiger partial charge in [-0.05, 0) is 35.7 Å². The molecule has 0 saturated heterocycles. The number of anilines is 1. The SMILES string of the molecule is O=C(Nc1ccc(Cl)cc1[N+](=O)[O-])c1cc(COc2ccccc2)cs1. The number of nitrogens with zero attached hydrogens (tertiary/aromatic N) is 1. The van der Waals surface area contributed by atoms with Crippen molar-refractivity contribution in [2.75, 3.05) is 5.32 Å². The van der Waals surface area contributed by atoms with Crippen molar-refractivity contribution in [2.45, 2.75) is 6.61 Å². The lowest BCUT2D eigenvalue weighted by Crippen LogP contribution is -2.11. The van der Waals surface area contributed by atoms with Crippen molar-refractivity contribution < 1.29 is 14.5 Å². The molecule has 2 aromatic carbocycles.